The van der Waals surface area contributed by atoms with Crippen LogP contribution in [-0.2, 0) is 6.42 Å². The van der Waals surface area contributed by atoms with E-state index in [4.69, 9.17) is 10.5 Å². The van der Waals surface area contributed by atoms with Crippen molar-refractivity contribution in [3.63, 3.8) is 0 Å². The Kier molecular flexibility index (Phi) is 8.51. The molecule has 0 aliphatic heterocycles. The summed E-state index contributed by atoms with van der Waals surface area (Å²) in [6.07, 6.45) is 2.29. The first-order valence-corrected chi connectivity index (χ1v) is 10.7. The van der Waals surface area contributed by atoms with E-state index in [-0.39, 0.29) is 0 Å². The normalized spacial score (nSPS) is 11.1. The second kappa shape index (κ2) is 12.0. The summed E-state index contributed by atoms with van der Waals surface area (Å²) in [6.45, 7) is 2.09. The van der Waals surface area contributed by atoms with Crippen LogP contribution in [0, 0.1) is 11.3 Å². The predicted molar refractivity (Wildman–Crippen MR) is 127 cm³/mol. The van der Waals surface area contributed by atoms with Gasteiger partial charge in [-0.1, -0.05) is 36.4 Å². The van der Waals surface area contributed by atoms with Crippen LogP contribution in [0.3, 0.4) is 0 Å². The molecule has 3 rings (SSSR count). The third-order valence-electron chi connectivity index (χ3n) is 4.84. The number of nitriles is 1. The van der Waals surface area contributed by atoms with Crippen molar-refractivity contribution in [2.24, 2.45) is 4.99 Å². The Morgan fingerprint density at radius 3 is 2.38 bits per heavy atom. The molecule has 1 heterocycles. The molecule has 4 N–H and O–H groups in total. The summed E-state index contributed by atoms with van der Waals surface area (Å²) in [4.78, 5) is 4.24. The topological polar surface area (TPSA) is 113 Å². The number of rotatable bonds is 10. The summed E-state index contributed by atoms with van der Waals surface area (Å²) < 4.78 is 7.31. The molecular formula is C24H29N7O. The maximum atomic E-state index is 9.52. The average Bonchev–Trinajstić information content (AvgIpc) is 3.16. The first-order chi connectivity index (χ1) is 15.7. The van der Waals surface area contributed by atoms with Crippen LogP contribution >= 0.6 is 0 Å². The van der Waals surface area contributed by atoms with Gasteiger partial charge in [0.25, 0.3) is 0 Å². The number of nitrogens with two attached hydrogens (primary N) is 1. The lowest BCUT2D eigenvalue weighted by Crippen LogP contribution is -2.38. The number of nitrogens with one attached hydrogen (secondary N) is 2. The number of hydrogen-bond acceptors (Lipinski definition) is 5. The van der Waals surface area contributed by atoms with Gasteiger partial charge in [-0.25, -0.2) is 4.68 Å². The first kappa shape index (κ1) is 22.7. The molecule has 8 nitrogen and oxygen atoms in total. The molecule has 0 aliphatic rings. The number of aliphatic imine (C=N–C) groups is 1. The highest BCUT2D eigenvalue weighted by atomic mass is 16.5. The van der Waals surface area contributed by atoms with Crippen LogP contribution in [0.2, 0.25) is 0 Å². The van der Waals surface area contributed by atoms with Crippen molar-refractivity contribution in [1.29, 1.82) is 5.26 Å². The zero-order valence-electron chi connectivity index (χ0n) is 18.3. The van der Waals surface area contributed by atoms with Crippen molar-refractivity contribution >= 4 is 11.8 Å². The molecule has 1 aromatic heterocycles. The van der Waals surface area contributed by atoms with Gasteiger partial charge in [0.15, 0.2) is 5.96 Å². The fourth-order valence-electron chi connectivity index (χ4n) is 3.21. The summed E-state index contributed by atoms with van der Waals surface area (Å²) in [7, 11) is 1.74. The average molecular weight is 432 g/mol. The number of ether oxygens (including phenoxy) is 1. The number of anilines is 1. The van der Waals surface area contributed by atoms with E-state index in [2.05, 4.69) is 26.8 Å². The number of benzene rings is 2. The number of aryl methyl sites for hydroxylation is 1. The van der Waals surface area contributed by atoms with Gasteiger partial charge in [-0.2, -0.15) is 10.4 Å². The van der Waals surface area contributed by atoms with E-state index >= 15 is 0 Å². The Hall–Kier alpha value is -3.99. The number of nitrogens with zero attached hydrogens (tertiary/aromatic N) is 4. The maximum Gasteiger partial charge on any atom is 0.190 e. The van der Waals surface area contributed by atoms with Crippen molar-refractivity contribution in [2.45, 2.75) is 19.3 Å². The minimum atomic E-state index is 0.372. The molecule has 0 amide bonds. The Morgan fingerprint density at radius 1 is 1.06 bits per heavy atom. The fraction of sp³-hybridized carbons (Fsp3) is 0.292. The first-order valence-electron chi connectivity index (χ1n) is 10.7. The molecule has 3 aromatic rings. The molecule has 0 fully saturated rings. The van der Waals surface area contributed by atoms with E-state index in [1.807, 2.05) is 60.7 Å². The van der Waals surface area contributed by atoms with E-state index in [9.17, 15) is 5.26 Å². The molecule has 0 saturated heterocycles. The summed E-state index contributed by atoms with van der Waals surface area (Å²) >= 11 is 0. The zero-order valence-corrected chi connectivity index (χ0v) is 18.3. The van der Waals surface area contributed by atoms with Gasteiger partial charge in [0, 0.05) is 20.1 Å². The van der Waals surface area contributed by atoms with Crippen molar-refractivity contribution in [3.8, 4) is 17.5 Å². The van der Waals surface area contributed by atoms with Gasteiger partial charge in [-0.05, 0) is 43.5 Å². The van der Waals surface area contributed by atoms with Gasteiger partial charge >= 0.3 is 0 Å². The number of guanidine groups is 1. The van der Waals surface area contributed by atoms with Gasteiger partial charge in [-0.15, -0.1) is 0 Å². The Morgan fingerprint density at radius 2 is 1.72 bits per heavy atom. The molecule has 0 bridgehead atoms. The minimum absolute atomic E-state index is 0.372. The van der Waals surface area contributed by atoms with Crippen molar-refractivity contribution < 1.29 is 4.74 Å². The third kappa shape index (κ3) is 6.25. The molecular weight excluding hydrogens is 402 g/mol. The van der Waals surface area contributed by atoms with E-state index in [1.54, 1.807) is 11.7 Å². The van der Waals surface area contributed by atoms with Crippen LogP contribution in [-0.4, -0.2) is 42.5 Å². The molecule has 0 aliphatic carbocycles. The fourth-order valence-corrected chi connectivity index (χ4v) is 3.21. The molecule has 166 valence electrons. The monoisotopic (exact) mass is 431 g/mol. The van der Waals surface area contributed by atoms with Crippen molar-refractivity contribution in [2.75, 3.05) is 32.5 Å². The molecule has 0 saturated carbocycles. The number of aromatic nitrogens is 2. The van der Waals surface area contributed by atoms with Gasteiger partial charge in [0.2, 0.25) is 0 Å². The van der Waals surface area contributed by atoms with Crippen molar-refractivity contribution in [1.82, 2.24) is 20.4 Å². The summed E-state index contributed by atoms with van der Waals surface area (Å²) in [6, 6.07) is 21.6. The second-order valence-electron chi connectivity index (χ2n) is 7.11. The van der Waals surface area contributed by atoms with E-state index < -0.39 is 0 Å². The van der Waals surface area contributed by atoms with Crippen LogP contribution in [0.1, 0.15) is 24.1 Å². The number of para-hydroxylation sites is 2. The highest BCUT2D eigenvalue weighted by Crippen LogP contribution is 2.21. The van der Waals surface area contributed by atoms with Gasteiger partial charge in [-0.3, -0.25) is 4.99 Å². The second-order valence-corrected chi connectivity index (χ2v) is 7.11. The Labute approximate surface area is 188 Å². The van der Waals surface area contributed by atoms with Crippen LogP contribution in [0.25, 0.3) is 5.69 Å². The third-order valence-corrected chi connectivity index (χ3v) is 4.84. The van der Waals surface area contributed by atoms with Gasteiger partial charge in [0.05, 0.1) is 18.0 Å². The summed E-state index contributed by atoms with van der Waals surface area (Å²) in [5.41, 5.74) is 8.14. The molecule has 32 heavy (non-hydrogen) atoms. The quantitative estimate of drug-likeness (QED) is 0.258. The van der Waals surface area contributed by atoms with Crippen molar-refractivity contribution in [3.05, 3.63) is 71.9 Å². The minimum Gasteiger partial charge on any atom is -0.494 e. The largest absolute Gasteiger partial charge is 0.494 e. The molecule has 0 radical (unpaired) electrons. The molecule has 0 unspecified atom stereocenters. The van der Waals surface area contributed by atoms with Gasteiger partial charge < -0.3 is 21.1 Å². The standard InChI is InChI=1S/C24H29N7O/c1-27-24(29-16-9-17-32-20-12-6-3-7-13-20)28-15-8-14-22-21(18-25)23(26)31(30-22)19-10-4-2-5-11-19/h2-7,10-13H,8-9,14-17,26H2,1H3,(H2,27,28,29). The van der Waals surface area contributed by atoms with Crippen LogP contribution in [0.15, 0.2) is 65.7 Å². The maximum absolute atomic E-state index is 9.52. The number of hydrogen-bond donors (Lipinski definition) is 3. The molecule has 0 atom stereocenters. The van der Waals surface area contributed by atoms with E-state index in [1.165, 1.54) is 0 Å². The van der Waals surface area contributed by atoms with Crippen LogP contribution < -0.4 is 21.1 Å². The lowest BCUT2D eigenvalue weighted by Gasteiger charge is -2.12. The number of nitrogen functional groups attached to an aromatic ring is 1. The smallest absolute Gasteiger partial charge is 0.190 e. The zero-order chi connectivity index (χ0) is 22.6. The molecule has 8 heteroatoms. The lowest BCUT2D eigenvalue weighted by molar-refractivity contribution is 0.311. The van der Waals surface area contributed by atoms with E-state index in [0.29, 0.717) is 36.6 Å². The van der Waals surface area contributed by atoms with Crippen LogP contribution in [0.4, 0.5) is 5.82 Å². The SMILES string of the molecule is CN=C(NCCCOc1ccccc1)NCCCc1nn(-c2ccccc2)c(N)c1C#N. The van der Waals surface area contributed by atoms with Gasteiger partial charge in [0.1, 0.15) is 23.2 Å². The lowest BCUT2D eigenvalue weighted by atomic mass is 10.1. The molecule has 0 spiro atoms. The highest BCUT2D eigenvalue weighted by molar-refractivity contribution is 5.79. The van der Waals surface area contributed by atoms with Crippen LogP contribution in [0.5, 0.6) is 5.75 Å². The molecule has 2 aromatic carbocycles. The van der Waals surface area contributed by atoms with E-state index in [0.717, 1.165) is 36.8 Å². The Balaban J connectivity index is 1.40. The Bertz CT molecular complexity index is 1040. The predicted octanol–water partition coefficient (Wildman–Crippen LogP) is 2.89. The summed E-state index contributed by atoms with van der Waals surface area (Å²) in [5, 5.41) is 20.6. The summed E-state index contributed by atoms with van der Waals surface area (Å²) in [5.74, 6) is 1.98. The highest BCUT2D eigenvalue weighted by Gasteiger charge is 2.16.